The van der Waals surface area contributed by atoms with E-state index in [9.17, 15) is 50.8 Å². The van der Waals surface area contributed by atoms with Crippen molar-refractivity contribution in [2.45, 2.75) is 63.4 Å². The zero-order chi connectivity index (χ0) is 36.2. The second-order valence-electron chi connectivity index (χ2n) is 13.6. The fourth-order valence-corrected chi connectivity index (χ4v) is 7.14. The van der Waals surface area contributed by atoms with Crippen molar-refractivity contribution in [2.24, 2.45) is 0 Å². The number of phenols is 8. The molecule has 6 rings (SSSR count). The number of rotatable bonds is 7. The molecule has 3 atom stereocenters. The van der Waals surface area contributed by atoms with E-state index in [-0.39, 0.29) is 75.0 Å². The van der Waals surface area contributed by atoms with Crippen LogP contribution in [0.5, 0.6) is 46.0 Å². The van der Waals surface area contributed by atoms with Crippen LogP contribution in [0.1, 0.15) is 73.6 Å². The number of aliphatic hydroxyl groups is 1. The van der Waals surface area contributed by atoms with Gasteiger partial charge in [-0.3, -0.25) is 4.79 Å². The van der Waals surface area contributed by atoms with Gasteiger partial charge in [-0.1, -0.05) is 23.8 Å². The largest absolute Gasteiger partial charge is 0.508 e. The fourth-order valence-electron chi connectivity index (χ4n) is 7.14. The van der Waals surface area contributed by atoms with Gasteiger partial charge in [-0.05, 0) is 81.3 Å². The average molecular weight is 683 g/mol. The minimum Gasteiger partial charge on any atom is -0.508 e. The number of hydrogen-bond acceptors (Lipinski definition) is 11. The van der Waals surface area contributed by atoms with Crippen molar-refractivity contribution in [3.63, 3.8) is 0 Å². The normalized spacial score (nSPS) is 17.9. The molecule has 3 unspecified atom stereocenters. The van der Waals surface area contributed by atoms with Crippen LogP contribution in [0.3, 0.4) is 0 Å². The predicted molar refractivity (Wildman–Crippen MR) is 185 cm³/mol. The molecule has 0 radical (unpaired) electrons. The van der Waals surface area contributed by atoms with Crippen LogP contribution in [0.4, 0.5) is 0 Å². The summed E-state index contributed by atoms with van der Waals surface area (Å²) in [5, 5.41) is 96.4. The molecular formula is C39H38O11. The van der Waals surface area contributed by atoms with Gasteiger partial charge in [0, 0.05) is 47.2 Å². The Morgan fingerprint density at radius 3 is 1.90 bits per heavy atom. The van der Waals surface area contributed by atoms with Crippen LogP contribution in [0.15, 0.2) is 81.5 Å². The summed E-state index contributed by atoms with van der Waals surface area (Å²) in [6, 6.07) is 13.0. The maximum atomic E-state index is 14.4. The van der Waals surface area contributed by atoms with Crippen molar-refractivity contribution in [1.82, 2.24) is 0 Å². The lowest BCUT2D eigenvalue weighted by Gasteiger charge is -2.38. The van der Waals surface area contributed by atoms with Crippen LogP contribution in [0.2, 0.25) is 0 Å². The lowest BCUT2D eigenvalue weighted by molar-refractivity contribution is 0.0713. The Morgan fingerprint density at radius 1 is 0.740 bits per heavy atom. The Balaban J connectivity index is 1.70. The first-order valence-electron chi connectivity index (χ1n) is 16.0. The van der Waals surface area contributed by atoms with Gasteiger partial charge in [-0.2, -0.15) is 0 Å². The Hall–Kier alpha value is -5.81. The van der Waals surface area contributed by atoms with Crippen LogP contribution in [-0.4, -0.2) is 51.6 Å². The van der Waals surface area contributed by atoms with E-state index >= 15 is 0 Å². The molecule has 0 saturated carbocycles. The maximum absolute atomic E-state index is 14.4. The minimum absolute atomic E-state index is 0.0261. The van der Waals surface area contributed by atoms with E-state index in [2.05, 4.69) is 0 Å². The topological polar surface area (TPSA) is 212 Å². The van der Waals surface area contributed by atoms with Gasteiger partial charge in [0.25, 0.3) is 0 Å². The van der Waals surface area contributed by atoms with Crippen LogP contribution >= 0.6 is 0 Å². The molecule has 1 aliphatic carbocycles. The third-order valence-corrected chi connectivity index (χ3v) is 9.42. The number of hydrogen-bond donors (Lipinski definition) is 9. The van der Waals surface area contributed by atoms with Gasteiger partial charge in [0.15, 0.2) is 5.43 Å². The van der Waals surface area contributed by atoms with Crippen molar-refractivity contribution >= 4 is 11.0 Å². The molecule has 11 nitrogen and oxygen atoms in total. The molecule has 0 bridgehead atoms. The summed E-state index contributed by atoms with van der Waals surface area (Å²) in [5.74, 6) is -4.91. The van der Waals surface area contributed by atoms with E-state index in [4.69, 9.17) is 4.42 Å². The van der Waals surface area contributed by atoms with Gasteiger partial charge in [0.2, 0.25) is 0 Å². The summed E-state index contributed by atoms with van der Waals surface area (Å²) in [6.45, 7) is 4.98. The van der Waals surface area contributed by atoms with E-state index in [0.717, 1.165) is 17.7 Å². The van der Waals surface area contributed by atoms with Gasteiger partial charge >= 0.3 is 0 Å². The number of allylic oxidation sites excluding steroid dienone is 2. The highest BCUT2D eigenvalue weighted by atomic mass is 16.3. The van der Waals surface area contributed by atoms with E-state index < -0.39 is 46.0 Å². The van der Waals surface area contributed by atoms with E-state index in [1.807, 2.05) is 13.0 Å². The second kappa shape index (κ2) is 12.6. The molecule has 5 aromatic rings. The van der Waals surface area contributed by atoms with Crippen molar-refractivity contribution in [2.75, 3.05) is 0 Å². The van der Waals surface area contributed by atoms with Gasteiger partial charge in [-0.15, -0.1) is 0 Å². The molecule has 4 aromatic carbocycles. The number of phenolic OH excluding ortho intramolecular Hbond substituents is 8. The highest BCUT2D eigenvalue weighted by molar-refractivity contribution is 5.91. The number of aromatic hydroxyl groups is 8. The summed E-state index contributed by atoms with van der Waals surface area (Å²) < 4.78 is 6.48. The molecule has 1 aromatic heterocycles. The van der Waals surface area contributed by atoms with Gasteiger partial charge in [0.1, 0.15) is 62.7 Å². The monoisotopic (exact) mass is 682 g/mol. The van der Waals surface area contributed by atoms with Crippen LogP contribution in [-0.2, 0) is 6.42 Å². The van der Waals surface area contributed by atoms with Crippen molar-refractivity contribution < 1.29 is 50.4 Å². The Bertz CT molecular complexity index is 2230. The van der Waals surface area contributed by atoms with Gasteiger partial charge in [-0.25, -0.2) is 0 Å². The fraction of sp³-hybridized carbons (Fsp3) is 0.256. The SMILES string of the molecule is CC1=CC(c2c(O)cc(O)c3c(=O)c(CCC(C)(C)O)c(-c4ccc(O)cc4O)oc23)C(c2ccc(O)cc2O)C(c2ccc(O)cc2O)C1. The van der Waals surface area contributed by atoms with Gasteiger partial charge < -0.3 is 50.4 Å². The molecule has 0 fully saturated rings. The first-order chi connectivity index (χ1) is 23.5. The van der Waals surface area contributed by atoms with Crippen LogP contribution in [0, 0.1) is 0 Å². The predicted octanol–water partition coefficient (Wildman–Crippen LogP) is 6.81. The van der Waals surface area contributed by atoms with Crippen LogP contribution < -0.4 is 5.43 Å². The second-order valence-corrected chi connectivity index (χ2v) is 13.6. The molecule has 9 N–H and O–H groups in total. The molecule has 0 saturated heterocycles. The minimum atomic E-state index is -1.20. The lowest BCUT2D eigenvalue weighted by atomic mass is 9.65. The smallest absolute Gasteiger partial charge is 0.200 e. The van der Waals surface area contributed by atoms with Crippen molar-refractivity contribution in [3.05, 3.63) is 105 Å². The molecule has 0 spiro atoms. The summed E-state index contributed by atoms with van der Waals surface area (Å²) >= 11 is 0. The van der Waals surface area contributed by atoms with E-state index in [1.54, 1.807) is 19.9 Å². The number of fused-ring (bicyclic) bond motifs is 1. The van der Waals surface area contributed by atoms with Gasteiger partial charge in [0.05, 0.1) is 11.2 Å². The molecule has 50 heavy (non-hydrogen) atoms. The highest BCUT2D eigenvalue weighted by Gasteiger charge is 2.41. The Kier molecular flexibility index (Phi) is 8.57. The summed E-state index contributed by atoms with van der Waals surface area (Å²) in [7, 11) is 0. The summed E-state index contributed by atoms with van der Waals surface area (Å²) in [5.41, 5.74) is -0.401. The van der Waals surface area contributed by atoms with Crippen molar-refractivity contribution in [1.29, 1.82) is 0 Å². The lowest BCUT2D eigenvalue weighted by Crippen LogP contribution is -2.24. The molecule has 260 valence electrons. The summed E-state index contributed by atoms with van der Waals surface area (Å²) in [6.07, 6.45) is 2.28. The first kappa shape index (κ1) is 34.1. The molecule has 0 aliphatic heterocycles. The van der Waals surface area contributed by atoms with Crippen LogP contribution in [0.25, 0.3) is 22.3 Å². The number of benzene rings is 4. The molecule has 0 amide bonds. The Morgan fingerprint density at radius 2 is 1.32 bits per heavy atom. The zero-order valence-electron chi connectivity index (χ0n) is 27.5. The third-order valence-electron chi connectivity index (χ3n) is 9.42. The standard InChI is InChI=1S/C39H38O11/c1-18-12-26(22-7-4-19(40)14-28(22)43)33(23-8-5-20(41)15-29(23)44)27(13-18)34-31(46)17-32(47)35-36(48)25(10-11-39(2,3)49)37(50-38(34)35)24-9-6-21(42)16-30(24)45/h4-9,13-17,26-27,33,40-47,49H,10-12H2,1-3H3. The quantitative estimate of drug-likeness (QED) is 0.0814. The third kappa shape index (κ3) is 6.23. The van der Waals surface area contributed by atoms with E-state index in [0.29, 0.717) is 17.5 Å². The summed E-state index contributed by atoms with van der Waals surface area (Å²) in [4.78, 5) is 14.4. The molecular weight excluding hydrogens is 644 g/mol. The molecule has 1 aliphatic rings. The highest BCUT2D eigenvalue weighted by Crippen LogP contribution is 2.57. The average Bonchev–Trinajstić information content (AvgIpc) is 3.00. The zero-order valence-corrected chi connectivity index (χ0v) is 27.5. The Labute approximate surface area is 286 Å². The first-order valence-corrected chi connectivity index (χ1v) is 16.0. The maximum Gasteiger partial charge on any atom is 0.200 e. The van der Waals surface area contributed by atoms with Crippen molar-refractivity contribution in [3.8, 4) is 57.3 Å². The molecule has 11 heteroatoms. The van der Waals surface area contributed by atoms with E-state index in [1.165, 1.54) is 42.5 Å². The molecule has 1 heterocycles.